The number of hydrogen-bond acceptors (Lipinski definition) is 2. The maximum Gasteiger partial charge on any atom is 0.223 e. The minimum atomic E-state index is 0.125. The van der Waals surface area contributed by atoms with E-state index in [1.54, 1.807) is 0 Å². The van der Waals surface area contributed by atoms with Crippen LogP contribution in [0.15, 0.2) is 24.3 Å². The molecule has 1 aliphatic rings. The zero-order valence-corrected chi connectivity index (χ0v) is 11.0. The molecule has 0 spiro atoms. The molecule has 2 atom stereocenters. The van der Waals surface area contributed by atoms with Crippen molar-refractivity contribution < 1.29 is 4.79 Å². The van der Waals surface area contributed by atoms with Crippen LogP contribution in [-0.4, -0.2) is 12.5 Å². The summed E-state index contributed by atoms with van der Waals surface area (Å²) in [6, 6.07) is 8.26. The van der Waals surface area contributed by atoms with E-state index in [0.29, 0.717) is 19.0 Å². The number of rotatable bonds is 4. The molecular weight excluding hydrogens is 224 g/mol. The van der Waals surface area contributed by atoms with Crippen LogP contribution in [0.3, 0.4) is 0 Å². The third-order valence-electron chi connectivity index (χ3n) is 3.89. The highest BCUT2D eigenvalue weighted by atomic mass is 16.1. The van der Waals surface area contributed by atoms with Crippen LogP contribution in [-0.2, 0) is 11.3 Å². The Balaban J connectivity index is 1.86. The summed E-state index contributed by atoms with van der Waals surface area (Å²) in [4.78, 5) is 12.1. The predicted octanol–water partition coefficient (Wildman–Crippen LogP) is 1.99. The average Bonchev–Trinajstić information content (AvgIpc) is 2.86. The number of nitrogens with two attached hydrogens (primary N) is 1. The van der Waals surface area contributed by atoms with Gasteiger partial charge in [-0.25, -0.2) is 0 Å². The van der Waals surface area contributed by atoms with E-state index in [1.165, 1.54) is 5.56 Å². The lowest BCUT2D eigenvalue weighted by Crippen LogP contribution is -2.34. The van der Waals surface area contributed by atoms with Gasteiger partial charge in [0, 0.05) is 12.5 Å². The zero-order chi connectivity index (χ0) is 13.0. The Hall–Kier alpha value is -1.35. The monoisotopic (exact) mass is 246 g/mol. The standard InChI is InChI=1S/C15H22N2O/c1-11-5-7-12(8-6-11)10-17-15(18)14-4-2-3-13(14)9-16/h5-8,13-14H,2-4,9-10,16H2,1H3,(H,17,18). The minimum absolute atomic E-state index is 0.125. The van der Waals surface area contributed by atoms with Crippen LogP contribution in [0.1, 0.15) is 30.4 Å². The highest BCUT2D eigenvalue weighted by molar-refractivity contribution is 5.79. The Morgan fingerprint density at radius 1 is 1.33 bits per heavy atom. The van der Waals surface area contributed by atoms with Gasteiger partial charge >= 0.3 is 0 Å². The smallest absolute Gasteiger partial charge is 0.223 e. The van der Waals surface area contributed by atoms with Crippen molar-refractivity contribution in [1.29, 1.82) is 0 Å². The van der Waals surface area contributed by atoms with Gasteiger partial charge in [-0.05, 0) is 37.8 Å². The van der Waals surface area contributed by atoms with E-state index in [9.17, 15) is 4.79 Å². The molecule has 2 unspecified atom stereocenters. The fourth-order valence-corrected chi connectivity index (χ4v) is 2.69. The summed E-state index contributed by atoms with van der Waals surface area (Å²) in [6.07, 6.45) is 3.21. The summed E-state index contributed by atoms with van der Waals surface area (Å²) in [6.45, 7) is 3.31. The summed E-state index contributed by atoms with van der Waals surface area (Å²) in [5.41, 5.74) is 8.10. The highest BCUT2D eigenvalue weighted by Gasteiger charge is 2.31. The van der Waals surface area contributed by atoms with Crippen molar-refractivity contribution in [2.45, 2.75) is 32.7 Å². The van der Waals surface area contributed by atoms with E-state index in [0.717, 1.165) is 24.8 Å². The maximum absolute atomic E-state index is 12.1. The van der Waals surface area contributed by atoms with Crippen LogP contribution in [0.5, 0.6) is 0 Å². The van der Waals surface area contributed by atoms with Crippen molar-refractivity contribution in [2.75, 3.05) is 6.54 Å². The van der Waals surface area contributed by atoms with Gasteiger partial charge < -0.3 is 11.1 Å². The quantitative estimate of drug-likeness (QED) is 0.853. The van der Waals surface area contributed by atoms with Crippen LogP contribution in [0, 0.1) is 18.8 Å². The lowest BCUT2D eigenvalue weighted by molar-refractivity contribution is -0.126. The van der Waals surface area contributed by atoms with Crippen LogP contribution in [0.4, 0.5) is 0 Å². The van der Waals surface area contributed by atoms with Crippen LogP contribution in [0.2, 0.25) is 0 Å². The lowest BCUT2D eigenvalue weighted by atomic mass is 9.95. The number of nitrogens with one attached hydrogen (secondary N) is 1. The van der Waals surface area contributed by atoms with Gasteiger partial charge in [-0.1, -0.05) is 36.2 Å². The first kappa shape index (κ1) is 13.1. The topological polar surface area (TPSA) is 55.1 Å². The molecular formula is C15H22N2O. The molecule has 0 aliphatic heterocycles. The highest BCUT2D eigenvalue weighted by Crippen LogP contribution is 2.30. The number of benzene rings is 1. The Morgan fingerprint density at radius 3 is 2.72 bits per heavy atom. The molecule has 3 heteroatoms. The first-order valence-electron chi connectivity index (χ1n) is 6.74. The Bertz CT molecular complexity index is 399. The Morgan fingerprint density at radius 2 is 2.06 bits per heavy atom. The molecule has 0 heterocycles. The molecule has 1 saturated carbocycles. The van der Waals surface area contributed by atoms with E-state index >= 15 is 0 Å². The van der Waals surface area contributed by atoms with Gasteiger partial charge in [-0.3, -0.25) is 4.79 Å². The SMILES string of the molecule is Cc1ccc(CNC(=O)C2CCCC2CN)cc1. The summed E-state index contributed by atoms with van der Waals surface area (Å²) >= 11 is 0. The van der Waals surface area contributed by atoms with Gasteiger partial charge in [0.25, 0.3) is 0 Å². The molecule has 18 heavy (non-hydrogen) atoms. The first-order valence-corrected chi connectivity index (χ1v) is 6.74. The molecule has 0 bridgehead atoms. The van der Waals surface area contributed by atoms with Gasteiger partial charge in [0.2, 0.25) is 5.91 Å². The van der Waals surface area contributed by atoms with Crippen LogP contribution in [0.25, 0.3) is 0 Å². The normalized spacial score (nSPS) is 23.0. The van der Waals surface area contributed by atoms with Crippen LogP contribution >= 0.6 is 0 Å². The first-order chi connectivity index (χ1) is 8.70. The minimum Gasteiger partial charge on any atom is -0.352 e. The largest absolute Gasteiger partial charge is 0.352 e. The molecule has 1 aromatic carbocycles. The third-order valence-corrected chi connectivity index (χ3v) is 3.89. The lowest BCUT2D eigenvalue weighted by Gasteiger charge is -2.17. The number of carbonyl (C=O) groups excluding carboxylic acids is 1. The summed E-state index contributed by atoms with van der Waals surface area (Å²) in [5, 5.41) is 3.03. The second-order valence-corrected chi connectivity index (χ2v) is 5.24. The number of aryl methyl sites for hydroxylation is 1. The maximum atomic E-state index is 12.1. The van der Waals surface area contributed by atoms with Crippen molar-refractivity contribution in [2.24, 2.45) is 17.6 Å². The average molecular weight is 246 g/mol. The molecule has 0 saturated heterocycles. The van der Waals surface area contributed by atoms with E-state index in [-0.39, 0.29) is 11.8 Å². The second kappa shape index (κ2) is 6.01. The Kier molecular flexibility index (Phi) is 4.37. The van der Waals surface area contributed by atoms with E-state index in [4.69, 9.17) is 5.73 Å². The molecule has 3 nitrogen and oxygen atoms in total. The molecule has 0 aromatic heterocycles. The van der Waals surface area contributed by atoms with Crippen molar-refractivity contribution in [3.63, 3.8) is 0 Å². The van der Waals surface area contributed by atoms with Crippen molar-refractivity contribution in [3.05, 3.63) is 35.4 Å². The number of carbonyl (C=O) groups is 1. The molecule has 1 amide bonds. The van der Waals surface area contributed by atoms with E-state index < -0.39 is 0 Å². The van der Waals surface area contributed by atoms with Crippen molar-refractivity contribution >= 4 is 5.91 Å². The molecule has 3 N–H and O–H groups in total. The fraction of sp³-hybridized carbons (Fsp3) is 0.533. The molecule has 0 radical (unpaired) electrons. The molecule has 1 aliphatic carbocycles. The number of amides is 1. The molecule has 1 aromatic rings. The van der Waals surface area contributed by atoms with Gasteiger partial charge in [0.15, 0.2) is 0 Å². The molecule has 2 rings (SSSR count). The third kappa shape index (κ3) is 3.10. The number of hydrogen-bond donors (Lipinski definition) is 2. The molecule has 1 fully saturated rings. The van der Waals surface area contributed by atoms with Gasteiger partial charge in [0.05, 0.1) is 0 Å². The van der Waals surface area contributed by atoms with Gasteiger partial charge in [-0.2, -0.15) is 0 Å². The van der Waals surface area contributed by atoms with Gasteiger partial charge in [0.1, 0.15) is 0 Å². The van der Waals surface area contributed by atoms with Gasteiger partial charge in [-0.15, -0.1) is 0 Å². The zero-order valence-electron chi connectivity index (χ0n) is 11.0. The summed E-state index contributed by atoms with van der Waals surface area (Å²) in [7, 11) is 0. The second-order valence-electron chi connectivity index (χ2n) is 5.24. The van der Waals surface area contributed by atoms with Crippen molar-refractivity contribution in [3.8, 4) is 0 Å². The predicted molar refractivity (Wildman–Crippen MR) is 72.9 cm³/mol. The summed E-state index contributed by atoms with van der Waals surface area (Å²) in [5.74, 6) is 0.673. The Labute approximate surface area is 109 Å². The fourth-order valence-electron chi connectivity index (χ4n) is 2.69. The van der Waals surface area contributed by atoms with E-state index in [2.05, 4.69) is 36.5 Å². The molecule has 98 valence electrons. The van der Waals surface area contributed by atoms with Crippen molar-refractivity contribution in [1.82, 2.24) is 5.32 Å². The van der Waals surface area contributed by atoms with E-state index in [1.807, 2.05) is 0 Å². The summed E-state index contributed by atoms with van der Waals surface area (Å²) < 4.78 is 0. The van der Waals surface area contributed by atoms with Crippen LogP contribution < -0.4 is 11.1 Å².